The van der Waals surface area contributed by atoms with Crippen LogP contribution in [0, 0.1) is 5.82 Å². The van der Waals surface area contributed by atoms with E-state index in [2.05, 4.69) is 20.4 Å². The van der Waals surface area contributed by atoms with Crippen molar-refractivity contribution in [2.24, 2.45) is 0 Å². The molecule has 1 aromatic carbocycles. The standard InChI is InChI=1S/C18H14FN5/c19-15-5-3-13(4-6-15)10-21-17-7-8-18-22-12-16(24(18)23-17)14-2-1-9-20-11-14/h1-9,11-12H,10H2,(H,21,23). The summed E-state index contributed by atoms with van der Waals surface area (Å²) in [6.07, 6.45) is 5.29. The molecule has 118 valence electrons. The highest BCUT2D eigenvalue weighted by Gasteiger charge is 2.08. The van der Waals surface area contributed by atoms with Crippen LogP contribution in [0.25, 0.3) is 16.9 Å². The molecule has 0 radical (unpaired) electrons. The van der Waals surface area contributed by atoms with Crippen molar-refractivity contribution in [2.45, 2.75) is 6.54 Å². The maximum absolute atomic E-state index is 12.9. The van der Waals surface area contributed by atoms with Crippen molar-refractivity contribution in [3.8, 4) is 11.3 Å². The largest absolute Gasteiger partial charge is 0.365 e. The monoisotopic (exact) mass is 319 g/mol. The van der Waals surface area contributed by atoms with Gasteiger partial charge in [0.15, 0.2) is 5.65 Å². The predicted molar refractivity (Wildman–Crippen MR) is 89.9 cm³/mol. The van der Waals surface area contributed by atoms with Gasteiger partial charge < -0.3 is 5.32 Å². The summed E-state index contributed by atoms with van der Waals surface area (Å²) in [5, 5.41) is 7.83. The molecule has 0 aliphatic heterocycles. The van der Waals surface area contributed by atoms with Crippen LogP contribution in [-0.2, 0) is 6.54 Å². The van der Waals surface area contributed by atoms with E-state index in [0.717, 1.165) is 28.3 Å². The molecule has 4 rings (SSSR count). The van der Waals surface area contributed by atoms with Crippen molar-refractivity contribution in [3.05, 3.63) is 78.5 Å². The minimum absolute atomic E-state index is 0.238. The Balaban J connectivity index is 1.61. The number of anilines is 1. The lowest BCUT2D eigenvalue weighted by Crippen LogP contribution is -2.04. The van der Waals surface area contributed by atoms with Gasteiger partial charge in [0.25, 0.3) is 0 Å². The fraction of sp³-hybridized carbons (Fsp3) is 0.0556. The van der Waals surface area contributed by atoms with Gasteiger partial charge in [0.05, 0.1) is 11.9 Å². The fourth-order valence-corrected chi connectivity index (χ4v) is 2.47. The Morgan fingerprint density at radius 1 is 1.00 bits per heavy atom. The molecule has 3 heterocycles. The smallest absolute Gasteiger partial charge is 0.154 e. The normalized spacial score (nSPS) is 10.9. The van der Waals surface area contributed by atoms with E-state index in [0.29, 0.717) is 6.54 Å². The molecule has 0 aliphatic rings. The van der Waals surface area contributed by atoms with Crippen LogP contribution in [0.15, 0.2) is 67.1 Å². The maximum atomic E-state index is 12.9. The van der Waals surface area contributed by atoms with Crippen LogP contribution in [0.4, 0.5) is 10.2 Å². The number of halogens is 1. The number of nitrogens with one attached hydrogen (secondary N) is 1. The third kappa shape index (κ3) is 2.81. The van der Waals surface area contributed by atoms with Gasteiger partial charge in [-0.2, -0.15) is 0 Å². The highest BCUT2D eigenvalue weighted by atomic mass is 19.1. The number of fused-ring (bicyclic) bond motifs is 1. The first kappa shape index (κ1) is 14.3. The fourth-order valence-electron chi connectivity index (χ4n) is 2.47. The summed E-state index contributed by atoms with van der Waals surface area (Å²) in [5.41, 5.74) is 3.58. The van der Waals surface area contributed by atoms with Crippen LogP contribution >= 0.6 is 0 Å². The lowest BCUT2D eigenvalue weighted by molar-refractivity contribution is 0.627. The summed E-state index contributed by atoms with van der Waals surface area (Å²) in [6, 6.07) is 14.0. The summed E-state index contributed by atoms with van der Waals surface area (Å²) >= 11 is 0. The average molecular weight is 319 g/mol. The molecule has 0 saturated heterocycles. The van der Waals surface area contributed by atoms with Crippen LogP contribution in [-0.4, -0.2) is 19.6 Å². The first-order valence-electron chi connectivity index (χ1n) is 7.53. The van der Waals surface area contributed by atoms with E-state index in [4.69, 9.17) is 0 Å². The number of pyridine rings is 1. The first-order valence-corrected chi connectivity index (χ1v) is 7.53. The number of hydrogen-bond donors (Lipinski definition) is 1. The Labute approximate surface area is 137 Å². The first-order chi connectivity index (χ1) is 11.8. The average Bonchev–Trinajstić information content (AvgIpc) is 3.05. The van der Waals surface area contributed by atoms with Crippen molar-refractivity contribution in [1.29, 1.82) is 0 Å². The Morgan fingerprint density at radius 2 is 1.88 bits per heavy atom. The lowest BCUT2D eigenvalue weighted by Gasteiger charge is -2.07. The number of rotatable bonds is 4. The minimum atomic E-state index is -0.238. The summed E-state index contributed by atoms with van der Waals surface area (Å²) in [4.78, 5) is 8.51. The molecule has 0 unspecified atom stereocenters. The van der Waals surface area contributed by atoms with E-state index in [9.17, 15) is 4.39 Å². The molecule has 24 heavy (non-hydrogen) atoms. The lowest BCUT2D eigenvalue weighted by atomic mass is 10.2. The van der Waals surface area contributed by atoms with E-state index < -0.39 is 0 Å². The molecule has 6 heteroatoms. The zero-order valence-electron chi connectivity index (χ0n) is 12.7. The number of imidazole rings is 1. The number of hydrogen-bond acceptors (Lipinski definition) is 4. The summed E-state index contributed by atoms with van der Waals surface area (Å²) < 4.78 is 14.7. The van der Waals surface area contributed by atoms with E-state index in [1.165, 1.54) is 12.1 Å². The number of aromatic nitrogens is 4. The second-order valence-corrected chi connectivity index (χ2v) is 5.35. The summed E-state index contributed by atoms with van der Waals surface area (Å²) in [6.45, 7) is 0.565. The second kappa shape index (κ2) is 6.08. The summed E-state index contributed by atoms with van der Waals surface area (Å²) in [5.74, 6) is 0.479. The highest BCUT2D eigenvalue weighted by molar-refractivity contribution is 5.62. The molecule has 0 amide bonds. The molecule has 0 fully saturated rings. The van der Waals surface area contributed by atoms with Gasteiger partial charge in [-0.25, -0.2) is 13.9 Å². The molecule has 4 aromatic rings. The Kier molecular flexibility index (Phi) is 3.63. The van der Waals surface area contributed by atoms with Crippen molar-refractivity contribution < 1.29 is 4.39 Å². The van der Waals surface area contributed by atoms with Crippen LogP contribution in [0.3, 0.4) is 0 Å². The predicted octanol–water partition coefficient (Wildman–Crippen LogP) is 3.54. The highest BCUT2D eigenvalue weighted by Crippen LogP contribution is 2.19. The second-order valence-electron chi connectivity index (χ2n) is 5.35. The summed E-state index contributed by atoms with van der Waals surface area (Å²) in [7, 11) is 0. The van der Waals surface area contributed by atoms with Gasteiger partial charge in [-0.3, -0.25) is 4.98 Å². The zero-order valence-corrected chi connectivity index (χ0v) is 12.7. The van der Waals surface area contributed by atoms with E-state index >= 15 is 0 Å². The molecule has 1 N–H and O–H groups in total. The molecule has 0 bridgehead atoms. The van der Waals surface area contributed by atoms with Crippen LogP contribution in [0.1, 0.15) is 5.56 Å². The van der Waals surface area contributed by atoms with Gasteiger partial charge in [-0.1, -0.05) is 12.1 Å². The molecular weight excluding hydrogens is 305 g/mol. The Morgan fingerprint density at radius 3 is 2.67 bits per heavy atom. The molecule has 0 spiro atoms. The topological polar surface area (TPSA) is 55.1 Å². The van der Waals surface area contributed by atoms with Crippen molar-refractivity contribution in [2.75, 3.05) is 5.32 Å². The minimum Gasteiger partial charge on any atom is -0.365 e. The van der Waals surface area contributed by atoms with Gasteiger partial charge in [0.1, 0.15) is 11.6 Å². The maximum Gasteiger partial charge on any atom is 0.154 e. The van der Waals surface area contributed by atoms with Crippen LogP contribution in [0.5, 0.6) is 0 Å². The number of nitrogens with zero attached hydrogens (tertiary/aromatic N) is 4. The van der Waals surface area contributed by atoms with Gasteiger partial charge in [-0.15, -0.1) is 5.10 Å². The number of benzene rings is 1. The van der Waals surface area contributed by atoms with E-state index in [1.54, 1.807) is 35.2 Å². The van der Waals surface area contributed by atoms with E-state index in [1.807, 2.05) is 24.3 Å². The van der Waals surface area contributed by atoms with Gasteiger partial charge in [0, 0.05) is 24.5 Å². The van der Waals surface area contributed by atoms with Crippen molar-refractivity contribution in [1.82, 2.24) is 19.6 Å². The van der Waals surface area contributed by atoms with Crippen LogP contribution in [0.2, 0.25) is 0 Å². The molecule has 0 aliphatic carbocycles. The van der Waals surface area contributed by atoms with Crippen LogP contribution < -0.4 is 5.32 Å². The molecule has 5 nitrogen and oxygen atoms in total. The molecule has 0 saturated carbocycles. The molecule has 3 aromatic heterocycles. The van der Waals surface area contributed by atoms with E-state index in [-0.39, 0.29) is 5.82 Å². The van der Waals surface area contributed by atoms with Crippen molar-refractivity contribution in [3.63, 3.8) is 0 Å². The molecule has 0 atom stereocenters. The zero-order chi connectivity index (χ0) is 16.4. The Bertz CT molecular complexity index is 964. The Hall–Kier alpha value is -3.28. The van der Waals surface area contributed by atoms with Gasteiger partial charge >= 0.3 is 0 Å². The van der Waals surface area contributed by atoms with Gasteiger partial charge in [-0.05, 0) is 42.0 Å². The third-order valence-corrected chi connectivity index (χ3v) is 3.71. The van der Waals surface area contributed by atoms with Gasteiger partial charge in [0.2, 0.25) is 0 Å². The third-order valence-electron chi connectivity index (χ3n) is 3.71. The van der Waals surface area contributed by atoms with Crippen molar-refractivity contribution >= 4 is 11.5 Å². The molecular formula is C18H14FN5. The SMILES string of the molecule is Fc1ccc(CNc2ccc3ncc(-c4cccnc4)n3n2)cc1. The quantitative estimate of drug-likeness (QED) is 0.625.